The van der Waals surface area contributed by atoms with Crippen LogP contribution < -0.4 is 5.73 Å². The topological polar surface area (TPSA) is 64.2 Å². The van der Waals surface area contributed by atoms with E-state index in [-0.39, 0.29) is 17.9 Å². The number of aromatic nitrogens is 2. The molecule has 2 atom stereocenters. The highest BCUT2D eigenvalue weighted by Crippen LogP contribution is 2.20. The lowest BCUT2D eigenvalue weighted by Gasteiger charge is -2.34. The first-order chi connectivity index (χ1) is 9.08. The average Bonchev–Trinajstić information content (AvgIpc) is 2.90. The summed E-state index contributed by atoms with van der Waals surface area (Å²) in [4.78, 5) is 14.2. The zero-order valence-electron chi connectivity index (χ0n) is 11.8. The Balaban J connectivity index is 1.80. The lowest BCUT2D eigenvalue weighted by atomic mass is 9.94. The predicted octanol–water partition coefficient (Wildman–Crippen LogP) is 1.10. The van der Waals surface area contributed by atoms with E-state index in [2.05, 4.69) is 5.10 Å². The largest absolute Gasteiger partial charge is 0.342 e. The van der Waals surface area contributed by atoms with Gasteiger partial charge in [-0.25, -0.2) is 0 Å². The molecule has 2 heterocycles. The van der Waals surface area contributed by atoms with Crippen molar-refractivity contribution in [3.63, 3.8) is 0 Å². The van der Waals surface area contributed by atoms with E-state index in [0.717, 1.165) is 32.5 Å². The van der Waals surface area contributed by atoms with Crippen LogP contribution in [0.15, 0.2) is 18.5 Å². The van der Waals surface area contributed by atoms with Crippen molar-refractivity contribution < 1.29 is 4.79 Å². The molecule has 0 aromatic carbocycles. The zero-order chi connectivity index (χ0) is 13.8. The minimum atomic E-state index is -0.0809. The smallest absolute Gasteiger partial charge is 0.226 e. The van der Waals surface area contributed by atoms with E-state index in [1.165, 1.54) is 0 Å². The summed E-state index contributed by atoms with van der Waals surface area (Å²) in [5, 5.41) is 4.24. The predicted molar refractivity (Wildman–Crippen MR) is 74.3 cm³/mol. The molecule has 1 aliphatic heterocycles. The molecule has 1 amide bonds. The molecule has 5 nitrogen and oxygen atoms in total. The molecule has 1 fully saturated rings. The molecule has 2 N–H and O–H groups in total. The Hall–Kier alpha value is -1.36. The van der Waals surface area contributed by atoms with Crippen LogP contribution in [0.3, 0.4) is 0 Å². The Bertz CT molecular complexity index is 394. The lowest BCUT2D eigenvalue weighted by molar-refractivity contribution is -0.137. The lowest BCUT2D eigenvalue weighted by Crippen LogP contribution is -2.45. The van der Waals surface area contributed by atoms with Gasteiger partial charge in [-0.05, 0) is 31.7 Å². The number of hydrogen-bond acceptors (Lipinski definition) is 3. The third kappa shape index (κ3) is 3.56. The molecule has 0 bridgehead atoms. The minimum absolute atomic E-state index is 0.0747. The summed E-state index contributed by atoms with van der Waals surface area (Å²) < 4.78 is 1.98. The molecule has 1 aromatic rings. The average molecular weight is 264 g/mol. The first kappa shape index (κ1) is 14.1. The van der Waals surface area contributed by atoms with Crippen molar-refractivity contribution in [1.29, 1.82) is 0 Å². The summed E-state index contributed by atoms with van der Waals surface area (Å²) in [5.41, 5.74) is 5.80. The molecular formula is C14H24N4O. The monoisotopic (exact) mass is 264 g/mol. The second kappa shape index (κ2) is 6.19. The van der Waals surface area contributed by atoms with Gasteiger partial charge in [-0.1, -0.05) is 6.92 Å². The summed E-state index contributed by atoms with van der Waals surface area (Å²) in [6.07, 6.45) is 5.91. The molecule has 1 aromatic heterocycles. The van der Waals surface area contributed by atoms with Crippen LogP contribution in [0.5, 0.6) is 0 Å². The van der Waals surface area contributed by atoms with Crippen molar-refractivity contribution in [3.8, 4) is 0 Å². The molecule has 1 saturated heterocycles. The standard InChI is InChI=1S/C14H24N4O/c1-11(12(2)15)14(19)17-8-4-13(5-9-17)10-18-7-3-6-16-18/h3,6-7,11-13H,4-5,8-10,15H2,1-2H3. The first-order valence-electron chi connectivity index (χ1n) is 7.09. The van der Waals surface area contributed by atoms with Gasteiger partial charge < -0.3 is 10.6 Å². The van der Waals surface area contributed by atoms with Gasteiger partial charge in [0.2, 0.25) is 5.91 Å². The fourth-order valence-electron chi connectivity index (χ4n) is 2.52. The number of hydrogen-bond donors (Lipinski definition) is 1. The third-order valence-electron chi connectivity index (χ3n) is 4.11. The van der Waals surface area contributed by atoms with Gasteiger partial charge in [0.15, 0.2) is 0 Å². The van der Waals surface area contributed by atoms with Crippen molar-refractivity contribution in [3.05, 3.63) is 18.5 Å². The molecule has 2 rings (SSSR count). The fraction of sp³-hybridized carbons (Fsp3) is 0.714. The van der Waals surface area contributed by atoms with Gasteiger partial charge >= 0.3 is 0 Å². The van der Waals surface area contributed by atoms with Gasteiger partial charge in [-0.2, -0.15) is 5.10 Å². The highest BCUT2D eigenvalue weighted by molar-refractivity contribution is 5.79. The number of rotatable bonds is 4. The summed E-state index contributed by atoms with van der Waals surface area (Å²) in [6, 6.07) is 1.87. The second-order valence-electron chi connectivity index (χ2n) is 5.64. The van der Waals surface area contributed by atoms with Gasteiger partial charge in [0.25, 0.3) is 0 Å². The second-order valence-corrected chi connectivity index (χ2v) is 5.64. The first-order valence-corrected chi connectivity index (χ1v) is 7.09. The normalized spacial score (nSPS) is 20.3. The van der Waals surface area contributed by atoms with E-state index in [4.69, 9.17) is 5.73 Å². The maximum Gasteiger partial charge on any atom is 0.226 e. The number of nitrogens with zero attached hydrogens (tertiary/aromatic N) is 3. The molecule has 0 saturated carbocycles. The van der Waals surface area contributed by atoms with Gasteiger partial charge in [-0.15, -0.1) is 0 Å². The molecule has 0 aliphatic carbocycles. The molecule has 106 valence electrons. The number of carbonyl (C=O) groups is 1. The van der Waals surface area contributed by atoms with Crippen molar-refractivity contribution in [1.82, 2.24) is 14.7 Å². The van der Waals surface area contributed by atoms with E-state index in [0.29, 0.717) is 5.92 Å². The number of nitrogens with two attached hydrogens (primary N) is 1. The number of amides is 1. The highest BCUT2D eigenvalue weighted by Gasteiger charge is 2.27. The fourth-order valence-corrected chi connectivity index (χ4v) is 2.52. The van der Waals surface area contributed by atoms with E-state index in [9.17, 15) is 4.79 Å². The number of piperidine rings is 1. The van der Waals surface area contributed by atoms with Gasteiger partial charge in [0.1, 0.15) is 0 Å². The van der Waals surface area contributed by atoms with Crippen molar-refractivity contribution in [2.24, 2.45) is 17.6 Å². The van der Waals surface area contributed by atoms with Crippen LogP contribution in [0.1, 0.15) is 26.7 Å². The van der Waals surface area contributed by atoms with Crippen molar-refractivity contribution in [2.45, 2.75) is 39.3 Å². The Morgan fingerprint density at radius 2 is 2.11 bits per heavy atom. The maximum absolute atomic E-state index is 12.2. The molecule has 5 heteroatoms. The summed E-state index contributed by atoms with van der Waals surface area (Å²) in [5.74, 6) is 0.741. The zero-order valence-corrected chi connectivity index (χ0v) is 11.8. The van der Waals surface area contributed by atoms with Crippen LogP contribution in [0.4, 0.5) is 0 Å². The maximum atomic E-state index is 12.2. The quantitative estimate of drug-likeness (QED) is 0.886. The van der Waals surface area contributed by atoms with E-state index >= 15 is 0 Å². The molecule has 1 aliphatic rings. The van der Waals surface area contributed by atoms with Crippen LogP contribution >= 0.6 is 0 Å². The summed E-state index contributed by atoms with van der Waals surface area (Å²) in [7, 11) is 0. The highest BCUT2D eigenvalue weighted by atomic mass is 16.2. The van der Waals surface area contributed by atoms with Crippen LogP contribution in [0.25, 0.3) is 0 Å². The Morgan fingerprint density at radius 3 is 2.63 bits per heavy atom. The van der Waals surface area contributed by atoms with Crippen LogP contribution in [0.2, 0.25) is 0 Å². The summed E-state index contributed by atoms with van der Waals surface area (Å²) in [6.45, 7) is 6.47. The van der Waals surface area contributed by atoms with Crippen LogP contribution in [0, 0.1) is 11.8 Å². The van der Waals surface area contributed by atoms with Crippen LogP contribution in [-0.4, -0.2) is 39.7 Å². The Kier molecular flexibility index (Phi) is 4.58. The van der Waals surface area contributed by atoms with Gasteiger partial charge in [-0.3, -0.25) is 9.48 Å². The Morgan fingerprint density at radius 1 is 1.42 bits per heavy atom. The molecule has 19 heavy (non-hydrogen) atoms. The molecule has 0 radical (unpaired) electrons. The Labute approximate surface area is 114 Å². The third-order valence-corrected chi connectivity index (χ3v) is 4.11. The number of carbonyl (C=O) groups excluding carboxylic acids is 1. The van der Waals surface area contributed by atoms with E-state index in [1.54, 1.807) is 0 Å². The molecule has 0 spiro atoms. The SMILES string of the molecule is CC(N)C(C)C(=O)N1CCC(Cn2cccn2)CC1. The number of likely N-dealkylation sites (tertiary alicyclic amines) is 1. The molecule has 2 unspecified atom stereocenters. The van der Waals surface area contributed by atoms with Crippen molar-refractivity contribution >= 4 is 5.91 Å². The van der Waals surface area contributed by atoms with Gasteiger partial charge in [0, 0.05) is 38.1 Å². The summed E-state index contributed by atoms with van der Waals surface area (Å²) >= 11 is 0. The van der Waals surface area contributed by atoms with Crippen LogP contribution in [-0.2, 0) is 11.3 Å². The van der Waals surface area contributed by atoms with E-state index in [1.807, 2.05) is 41.9 Å². The minimum Gasteiger partial charge on any atom is -0.342 e. The van der Waals surface area contributed by atoms with E-state index < -0.39 is 0 Å². The molecular weight excluding hydrogens is 240 g/mol. The van der Waals surface area contributed by atoms with Gasteiger partial charge in [0.05, 0.1) is 5.92 Å². The van der Waals surface area contributed by atoms with Crippen molar-refractivity contribution in [2.75, 3.05) is 13.1 Å².